The van der Waals surface area contributed by atoms with E-state index >= 15 is 0 Å². The zero-order chi connectivity index (χ0) is 15.0. The Bertz CT molecular complexity index is 631. The van der Waals surface area contributed by atoms with Crippen molar-refractivity contribution in [2.45, 2.75) is 37.1 Å². The summed E-state index contributed by atoms with van der Waals surface area (Å²) in [6, 6.07) is 2.32. The number of nitrogens with zero attached hydrogens (tertiary/aromatic N) is 2. The van der Waals surface area contributed by atoms with Crippen LogP contribution in [0.15, 0.2) is 17.2 Å². The summed E-state index contributed by atoms with van der Waals surface area (Å²) in [5, 5.41) is 0.338. The lowest BCUT2D eigenvalue weighted by molar-refractivity contribution is 0.314. The minimum atomic E-state index is -3.50. The number of aromatic nitrogens is 1. The highest BCUT2D eigenvalue weighted by molar-refractivity contribution is 7.89. The van der Waals surface area contributed by atoms with E-state index in [9.17, 15) is 8.42 Å². The Morgan fingerprint density at radius 3 is 2.86 bits per heavy atom. The van der Waals surface area contributed by atoms with Gasteiger partial charge < -0.3 is 4.90 Å². The largest absolute Gasteiger partial charge is 0.300 e. The predicted octanol–water partition coefficient (Wildman–Crippen LogP) is 1.81. The van der Waals surface area contributed by atoms with Gasteiger partial charge in [0.2, 0.25) is 10.0 Å². The molecule has 1 aliphatic carbocycles. The summed E-state index contributed by atoms with van der Waals surface area (Å²) in [6.45, 7) is 4.34. The van der Waals surface area contributed by atoms with E-state index < -0.39 is 10.0 Å². The number of likely N-dealkylation sites (tertiary alicyclic amines) is 1. The highest BCUT2D eigenvalue weighted by Crippen LogP contribution is 2.31. The number of pyridine rings is 1. The molecule has 1 saturated carbocycles. The van der Waals surface area contributed by atoms with Crippen molar-refractivity contribution in [2.75, 3.05) is 19.6 Å². The molecule has 1 unspecified atom stereocenters. The van der Waals surface area contributed by atoms with Crippen molar-refractivity contribution in [3.63, 3.8) is 0 Å². The van der Waals surface area contributed by atoms with Crippen LogP contribution < -0.4 is 4.72 Å². The maximum atomic E-state index is 12.3. The van der Waals surface area contributed by atoms with Crippen molar-refractivity contribution in [3.8, 4) is 0 Å². The third-order valence-electron chi connectivity index (χ3n) is 4.24. The molecule has 1 aliphatic heterocycles. The summed E-state index contributed by atoms with van der Waals surface area (Å²) in [5.41, 5.74) is 0.667. The van der Waals surface area contributed by atoms with E-state index in [1.54, 1.807) is 13.0 Å². The smallest absolute Gasteiger partial charge is 0.242 e. The molecule has 1 N–H and O–H groups in total. The van der Waals surface area contributed by atoms with E-state index in [4.69, 9.17) is 11.6 Å². The van der Waals surface area contributed by atoms with Crippen LogP contribution in [-0.2, 0) is 10.0 Å². The number of hydrogen-bond donors (Lipinski definition) is 1. The number of rotatable bonds is 5. The zero-order valence-electron chi connectivity index (χ0n) is 12.0. The second-order valence-corrected chi connectivity index (χ2v) is 8.14. The fourth-order valence-corrected chi connectivity index (χ4v) is 4.04. The lowest BCUT2D eigenvalue weighted by Gasteiger charge is -2.15. The molecule has 3 rings (SSSR count). The minimum absolute atomic E-state index is 0.182. The molecule has 0 aromatic carbocycles. The van der Waals surface area contributed by atoms with Crippen LogP contribution in [0.3, 0.4) is 0 Å². The molecule has 2 aliphatic rings. The lowest BCUT2D eigenvalue weighted by atomic mass is 10.1. The summed E-state index contributed by atoms with van der Waals surface area (Å²) < 4.78 is 27.3. The molecular formula is C14H20ClN3O2S. The van der Waals surface area contributed by atoms with Crippen molar-refractivity contribution in [2.24, 2.45) is 5.92 Å². The Morgan fingerprint density at radius 1 is 1.43 bits per heavy atom. The molecule has 1 atom stereocenters. The van der Waals surface area contributed by atoms with Gasteiger partial charge >= 0.3 is 0 Å². The Labute approximate surface area is 130 Å². The number of aryl methyl sites for hydroxylation is 1. The van der Waals surface area contributed by atoms with Gasteiger partial charge in [0, 0.05) is 25.3 Å². The summed E-state index contributed by atoms with van der Waals surface area (Å²) >= 11 is 5.83. The fourth-order valence-electron chi connectivity index (χ4n) is 2.79. The third-order valence-corrected chi connectivity index (χ3v) is 6.03. The molecule has 0 bridgehead atoms. The molecule has 116 valence electrons. The van der Waals surface area contributed by atoms with Crippen LogP contribution in [0.5, 0.6) is 0 Å². The monoisotopic (exact) mass is 329 g/mol. The summed E-state index contributed by atoms with van der Waals surface area (Å²) in [5.74, 6) is 0.404. The van der Waals surface area contributed by atoms with Gasteiger partial charge in [-0.15, -0.1) is 0 Å². The molecule has 0 radical (unpaired) electrons. The van der Waals surface area contributed by atoms with Crippen LogP contribution in [0, 0.1) is 12.8 Å². The normalized spacial score (nSPS) is 23.6. The van der Waals surface area contributed by atoms with E-state index in [1.165, 1.54) is 19.0 Å². The molecule has 1 saturated heterocycles. The third kappa shape index (κ3) is 3.56. The van der Waals surface area contributed by atoms with Gasteiger partial charge in [0.15, 0.2) is 0 Å². The molecule has 2 fully saturated rings. The second-order valence-electron chi connectivity index (χ2n) is 6.01. The topological polar surface area (TPSA) is 62.3 Å². The van der Waals surface area contributed by atoms with Gasteiger partial charge in [-0.1, -0.05) is 11.6 Å². The maximum absolute atomic E-state index is 12.3. The predicted molar refractivity (Wildman–Crippen MR) is 81.9 cm³/mol. The average Bonchev–Trinajstić information content (AvgIpc) is 3.19. The van der Waals surface area contributed by atoms with Gasteiger partial charge in [-0.2, -0.15) is 0 Å². The SMILES string of the molecule is Cc1cc(S(=O)(=O)NCC2CCN(C3CC3)C2)cnc1Cl. The van der Waals surface area contributed by atoms with Gasteiger partial charge in [-0.05, 0) is 50.3 Å². The summed E-state index contributed by atoms with van der Waals surface area (Å²) in [6.07, 6.45) is 4.97. The van der Waals surface area contributed by atoms with Crippen LogP contribution in [0.2, 0.25) is 5.15 Å². The molecular weight excluding hydrogens is 310 g/mol. The molecule has 0 amide bonds. The molecule has 1 aromatic rings. The lowest BCUT2D eigenvalue weighted by Crippen LogP contribution is -2.31. The van der Waals surface area contributed by atoms with Gasteiger partial charge in [0.05, 0.1) is 0 Å². The number of nitrogens with one attached hydrogen (secondary N) is 1. The summed E-state index contributed by atoms with van der Waals surface area (Å²) in [7, 11) is -3.50. The summed E-state index contributed by atoms with van der Waals surface area (Å²) in [4.78, 5) is 6.57. The maximum Gasteiger partial charge on any atom is 0.242 e. The Morgan fingerprint density at radius 2 is 2.19 bits per heavy atom. The fraction of sp³-hybridized carbons (Fsp3) is 0.643. The van der Waals surface area contributed by atoms with Crippen molar-refractivity contribution < 1.29 is 8.42 Å². The van der Waals surface area contributed by atoms with E-state index in [0.29, 0.717) is 23.2 Å². The highest BCUT2D eigenvalue weighted by Gasteiger charge is 2.34. The van der Waals surface area contributed by atoms with Gasteiger partial charge in [-0.3, -0.25) is 0 Å². The Kier molecular flexibility index (Phi) is 4.23. The van der Waals surface area contributed by atoms with Crippen LogP contribution in [0.1, 0.15) is 24.8 Å². The quantitative estimate of drug-likeness (QED) is 0.837. The van der Waals surface area contributed by atoms with Crippen LogP contribution in [0.4, 0.5) is 0 Å². The first kappa shape index (κ1) is 15.2. The van der Waals surface area contributed by atoms with Crippen molar-refractivity contribution in [3.05, 3.63) is 23.0 Å². The van der Waals surface area contributed by atoms with Crippen molar-refractivity contribution >= 4 is 21.6 Å². The minimum Gasteiger partial charge on any atom is -0.300 e. The average molecular weight is 330 g/mol. The standard InChI is InChI=1S/C14H20ClN3O2S/c1-10-6-13(8-16-14(10)15)21(19,20)17-7-11-4-5-18(9-11)12-2-3-12/h6,8,11-12,17H,2-5,7,9H2,1H3. The number of sulfonamides is 1. The first-order valence-corrected chi connectivity index (χ1v) is 9.17. The molecule has 1 aromatic heterocycles. The number of hydrogen-bond acceptors (Lipinski definition) is 4. The second kappa shape index (κ2) is 5.83. The first-order chi connectivity index (χ1) is 9.95. The van der Waals surface area contributed by atoms with Gasteiger partial charge in [-0.25, -0.2) is 18.1 Å². The van der Waals surface area contributed by atoms with Crippen LogP contribution >= 0.6 is 11.6 Å². The molecule has 5 nitrogen and oxygen atoms in total. The van der Waals surface area contributed by atoms with Gasteiger partial charge in [0.1, 0.15) is 10.0 Å². The Balaban J connectivity index is 1.59. The zero-order valence-corrected chi connectivity index (χ0v) is 13.6. The molecule has 2 heterocycles. The molecule has 7 heteroatoms. The van der Waals surface area contributed by atoms with Crippen molar-refractivity contribution in [1.29, 1.82) is 0 Å². The van der Waals surface area contributed by atoms with E-state index in [-0.39, 0.29) is 4.90 Å². The van der Waals surface area contributed by atoms with Gasteiger partial charge in [0.25, 0.3) is 0 Å². The van der Waals surface area contributed by atoms with E-state index in [1.807, 2.05) is 0 Å². The number of halogens is 1. The van der Waals surface area contributed by atoms with Crippen molar-refractivity contribution in [1.82, 2.24) is 14.6 Å². The van der Waals surface area contributed by atoms with E-state index in [0.717, 1.165) is 25.6 Å². The molecule has 0 spiro atoms. The van der Waals surface area contributed by atoms with E-state index in [2.05, 4.69) is 14.6 Å². The van der Waals surface area contributed by atoms with Crippen LogP contribution in [0.25, 0.3) is 0 Å². The Hall–Kier alpha value is -0.690. The highest BCUT2D eigenvalue weighted by atomic mass is 35.5. The van der Waals surface area contributed by atoms with Crippen LogP contribution in [-0.4, -0.2) is 44.0 Å². The first-order valence-electron chi connectivity index (χ1n) is 7.31. The molecule has 21 heavy (non-hydrogen) atoms.